The molecule has 2 N–H and O–H groups in total. The number of nitrogens with one attached hydrogen (secondary N) is 2. The largest absolute Gasteiger partial charge is 0.488 e. The average Bonchev–Trinajstić information content (AvgIpc) is 3.23. The van der Waals surface area contributed by atoms with E-state index in [2.05, 4.69) is 15.6 Å². The fourth-order valence-electron chi connectivity index (χ4n) is 3.00. The van der Waals surface area contributed by atoms with Gasteiger partial charge in [-0.2, -0.15) is 0 Å². The first-order valence-corrected chi connectivity index (χ1v) is 8.49. The van der Waals surface area contributed by atoms with Gasteiger partial charge in [0.15, 0.2) is 0 Å². The van der Waals surface area contributed by atoms with Gasteiger partial charge in [0.05, 0.1) is 18.1 Å². The lowest BCUT2D eigenvalue weighted by atomic mass is 10.2. The number of ether oxygens (including phenoxy) is 1. The first kappa shape index (κ1) is 16.4. The van der Waals surface area contributed by atoms with E-state index in [4.69, 9.17) is 4.74 Å². The molecule has 0 spiro atoms. The fourth-order valence-corrected chi connectivity index (χ4v) is 3.00. The van der Waals surface area contributed by atoms with Gasteiger partial charge < -0.3 is 19.9 Å². The number of imidazole rings is 1. The molecule has 1 aromatic carbocycles. The van der Waals surface area contributed by atoms with E-state index in [9.17, 15) is 4.79 Å². The molecule has 6 heteroatoms. The molecule has 1 saturated carbocycles. The van der Waals surface area contributed by atoms with E-state index in [0.29, 0.717) is 12.2 Å². The van der Waals surface area contributed by atoms with Crippen LogP contribution in [0.4, 0.5) is 10.5 Å². The monoisotopic (exact) mass is 328 g/mol. The maximum Gasteiger partial charge on any atom is 0.319 e. The van der Waals surface area contributed by atoms with Crippen molar-refractivity contribution in [3.8, 4) is 5.75 Å². The van der Waals surface area contributed by atoms with Crippen molar-refractivity contribution in [3.63, 3.8) is 0 Å². The third-order valence-corrected chi connectivity index (χ3v) is 4.15. The predicted molar refractivity (Wildman–Crippen MR) is 93.2 cm³/mol. The summed E-state index contributed by atoms with van der Waals surface area (Å²) in [5.41, 5.74) is 0.705. The van der Waals surface area contributed by atoms with Crippen molar-refractivity contribution >= 4 is 11.7 Å². The molecule has 1 aromatic heterocycles. The summed E-state index contributed by atoms with van der Waals surface area (Å²) in [6, 6.07) is 7.35. The number of hydrogen-bond donors (Lipinski definition) is 2. The molecule has 24 heavy (non-hydrogen) atoms. The van der Waals surface area contributed by atoms with E-state index in [1.54, 1.807) is 12.5 Å². The number of aromatic nitrogens is 2. The highest BCUT2D eigenvalue weighted by molar-refractivity contribution is 5.91. The summed E-state index contributed by atoms with van der Waals surface area (Å²) in [4.78, 5) is 16.2. The molecule has 1 heterocycles. The van der Waals surface area contributed by atoms with E-state index in [-0.39, 0.29) is 18.2 Å². The lowest BCUT2D eigenvalue weighted by Gasteiger charge is -2.18. The zero-order chi connectivity index (χ0) is 16.8. The standard InChI is InChI=1S/C18H24N4O2/c1-14(12-22-11-10-19-13-22)20-18(23)21-16-8-4-5-9-17(16)24-15-6-2-3-7-15/h4-5,8-11,13-15H,2-3,6-7,12H2,1H3,(H2,20,21,23). The van der Waals surface area contributed by atoms with Crippen LogP contribution in [-0.2, 0) is 6.54 Å². The Labute approximate surface area is 142 Å². The van der Waals surface area contributed by atoms with Crippen LogP contribution < -0.4 is 15.4 Å². The Kier molecular flexibility index (Phi) is 5.36. The van der Waals surface area contributed by atoms with Crippen LogP contribution in [0.2, 0.25) is 0 Å². The first-order valence-electron chi connectivity index (χ1n) is 8.49. The summed E-state index contributed by atoms with van der Waals surface area (Å²) in [6.07, 6.45) is 10.2. The second kappa shape index (κ2) is 7.86. The Morgan fingerprint density at radius 3 is 2.92 bits per heavy atom. The zero-order valence-corrected chi connectivity index (χ0v) is 13.9. The highest BCUT2D eigenvalue weighted by Gasteiger charge is 2.18. The molecule has 3 rings (SSSR count). The summed E-state index contributed by atoms with van der Waals surface area (Å²) >= 11 is 0. The second-order valence-electron chi connectivity index (χ2n) is 6.28. The van der Waals surface area contributed by atoms with E-state index in [1.807, 2.05) is 42.0 Å². The van der Waals surface area contributed by atoms with Crippen LogP contribution in [0.25, 0.3) is 0 Å². The number of para-hydroxylation sites is 2. The highest BCUT2D eigenvalue weighted by Crippen LogP contribution is 2.29. The molecule has 1 aliphatic carbocycles. The summed E-state index contributed by atoms with van der Waals surface area (Å²) in [5.74, 6) is 0.738. The molecule has 0 radical (unpaired) electrons. The molecule has 1 aliphatic rings. The minimum absolute atomic E-state index is 0.0119. The van der Waals surface area contributed by atoms with Crippen LogP contribution in [0, 0.1) is 0 Å². The van der Waals surface area contributed by atoms with Crippen molar-refractivity contribution in [3.05, 3.63) is 43.0 Å². The summed E-state index contributed by atoms with van der Waals surface area (Å²) in [5, 5.41) is 5.83. The third kappa shape index (κ3) is 4.50. The second-order valence-corrected chi connectivity index (χ2v) is 6.28. The quantitative estimate of drug-likeness (QED) is 0.854. The molecule has 1 atom stereocenters. The predicted octanol–water partition coefficient (Wildman–Crippen LogP) is 3.41. The van der Waals surface area contributed by atoms with Crippen molar-refractivity contribution in [2.75, 3.05) is 5.32 Å². The van der Waals surface area contributed by atoms with Gasteiger partial charge in [-0.25, -0.2) is 9.78 Å². The summed E-state index contributed by atoms with van der Waals surface area (Å²) < 4.78 is 7.98. The van der Waals surface area contributed by atoms with Gasteiger partial charge in [-0.3, -0.25) is 0 Å². The molecular formula is C18H24N4O2. The molecule has 0 bridgehead atoms. The summed E-state index contributed by atoms with van der Waals surface area (Å²) in [7, 11) is 0. The lowest BCUT2D eigenvalue weighted by Crippen LogP contribution is -2.38. The Morgan fingerprint density at radius 1 is 1.38 bits per heavy atom. The van der Waals surface area contributed by atoms with Crippen molar-refractivity contribution < 1.29 is 9.53 Å². The van der Waals surface area contributed by atoms with Crippen LogP contribution in [0.5, 0.6) is 5.75 Å². The fraction of sp³-hybridized carbons (Fsp3) is 0.444. The third-order valence-electron chi connectivity index (χ3n) is 4.15. The van der Waals surface area contributed by atoms with Crippen molar-refractivity contribution in [2.45, 2.75) is 51.3 Å². The first-order chi connectivity index (χ1) is 11.7. The number of rotatable bonds is 6. The van der Waals surface area contributed by atoms with Gasteiger partial charge in [-0.05, 0) is 44.7 Å². The van der Waals surface area contributed by atoms with Crippen molar-refractivity contribution in [2.24, 2.45) is 0 Å². The van der Waals surface area contributed by atoms with Crippen LogP contribution in [0.15, 0.2) is 43.0 Å². The molecule has 1 fully saturated rings. The molecular weight excluding hydrogens is 304 g/mol. The number of amides is 2. The highest BCUT2D eigenvalue weighted by atomic mass is 16.5. The molecule has 128 valence electrons. The van der Waals surface area contributed by atoms with Crippen molar-refractivity contribution in [1.29, 1.82) is 0 Å². The summed E-state index contributed by atoms with van der Waals surface area (Å²) in [6.45, 7) is 2.63. The van der Waals surface area contributed by atoms with Crippen molar-refractivity contribution in [1.82, 2.24) is 14.9 Å². The lowest BCUT2D eigenvalue weighted by molar-refractivity contribution is 0.211. The number of carbonyl (C=O) groups excluding carboxylic acids is 1. The molecule has 6 nitrogen and oxygen atoms in total. The maximum atomic E-state index is 12.2. The zero-order valence-electron chi connectivity index (χ0n) is 13.9. The number of urea groups is 1. The Balaban J connectivity index is 1.55. The number of anilines is 1. The van der Waals surface area contributed by atoms with E-state index < -0.39 is 0 Å². The van der Waals surface area contributed by atoms with Crippen LogP contribution in [0.1, 0.15) is 32.6 Å². The molecule has 2 amide bonds. The number of benzene rings is 1. The van der Waals surface area contributed by atoms with Crippen LogP contribution in [-0.4, -0.2) is 27.7 Å². The van der Waals surface area contributed by atoms with E-state index in [0.717, 1.165) is 18.6 Å². The normalized spacial score (nSPS) is 15.9. The van der Waals surface area contributed by atoms with Gasteiger partial charge >= 0.3 is 6.03 Å². The van der Waals surface area contributed by atoms with Gasteiger partial charge in [0.2, 0.25) is 0 Å². The molecule has 1 unspecified atom stereocenters. The van der Waals surface area contributed by atoms with Gasteiger partial charge in [0.25, 0.3) is 0 Å². The van der Waals surface area contributed by atoms with Gasteiger partial charge in [0.1, 0.15) is 5.75 Å². The molecule has 0 aliphatic heterocycles. The maximum absolute atomic E-state index is 12.2. The molecule has 0 saturated heterocycles. The van der Waals surface area contributed by atoms with Gasteiger partial charge in [-0.1, -0.05) is 12.1 Å². The Hall–Kier alpha value is -2.50. The van der Waals surface area contributed by atoms with Crippen LogP contribution in [0.3, 0.4) is 0 Å². The topological polar surface area (TPSA) is 68.2 Å². The average molecular weight is 328 g/mol. The van der Waals surface area contributed by atoms with Crippen LogP contribution >= 0.6 is 0 Å². The number of nitrogens with zero attached hydrogens (tertiary/aromatic N) is 2. The molecule has 2 aromatic rings. The van der Waals surface area contributed by atoms with E-state index >= 15 is 0 Å². The van der Waals surface area contributed by atoms with Gasteiger partial charge in [-0.15, -0.1) is 0 Å². The SMILES string of the molecule is CC(Cn1ccnc1)NC(=O)Nc1ccccc1OC1CCCC1. The number of hydrogen-bond acceptors (Lipinski definition) is 3. The minimum Gasteiger partial charge on any atom is -0.488 e. The van der Waals surface area contributed by atoms with Gasteiger partial charge in [0, 0.05) is 25.0 Å². The minimum atomic E-state index is -0.231. The Bertz CT molecular complexity index is 651. The van der Waals surface area contributed by atoms with E-state index in [1.165, 1.54) is 12.8 Å². The Morgan fingerprint density at radius 2 is 2.17 bits per heavy atom. The smallest absolute Gasteiger partial charge is 0.319 e. The number of carbonyl (C=O) groups is 1.